The Labute approximate surface area is 101 Å². The molecule has 0 atom stereocenters. The van der Waals surface area contributed by atoms with Gasteiger partial charge in [-0.05, 0) is 31.4 Å². The fourth-order valence-corrected chi connectivity index (χ4v) is 2.37. The number of benzene rings is 1. The van der Waals surface area contributed by atoms with Gasteiger partial charge in [0.2, 0.25) is 0 Å². The summed E-state index contributed by atoms with van der Waals surface area (Å²) in [7, 11) is 0. The van der Waals surface area contributed by atoms with Gasteiger partial charge in [-0.25, -0.2) is 4.79 Å². The Hall–Kier alpha value is -1.77. The standard InChI is InChI=1S/C14H17NO2/c1-4-7-15-8-11(14(16)17)12-9(2)5-6-10(3)13(12)15/h5-6,8H,4,7H2,1-3H3,(H,16,17). The van der Waals surface area contributed by atoms with Crippen molar-refractivity contribution in [2.75, 3.05) is 0 Å². The summed E-state index contributed by atoms with van der Waals surface area (Å²) < 4.78 is 2.06. The van der Waals surface area contributed by atoms with Gasteiger partial charge in [0.1, 0.15) is 0 Å². The second-order valence-corrected chi connectivity index (χ2v) is 4.46. The second-order valence-electron chi connectivity index (χ2n) is 4.46. The third-order valence-corrected chi connectivity index (χ3v) is 3.12. The number of carbonyl (C=O) groups is 1. The van der Waals surface area contributed by atoms with E-state index in [-0.39, 0.29) is 0 Å². The molecular weight excluding hydrogens is 214 g/mol. The van der Waals surface area contributed by atoms with Crippen LogP contribution in [0.3, 0.4) is 0 Å². The summed E-state index contributed by atoms with van der Waals surface area (Å²) in [5, 5.41) is 10.1. The van der Waals surface area contributed by atoms with Crippen LogP contribution in [0.15, 0.2) is 18.3 Å². The summed E-state index contributed by atoms with van der Waals surface area (Å²) in [4.78, 5) is 11.3. The predicted octanol–water partition coefficient (Wildman–Crippen LogP) is 3.37. The highest BCUT2D eigenvalue weighted by atomic mass is 16.4. The number of hydrogen-bond acceptors (Lipinski definition) is 1. The van der Waals surface area contributed by atoms with Crippen LogP contribution >= 0.6 is 0 Å². The summed E-state index contributed by atoms with van der Waals surface area (Å²) in [6.07, 6.45) is 2.76. The van der Waals surface area contributed by atoms with Crippen LogP contribution in [0.1, 0.15) is 34.8 Å². The first-order valence-electron chi connectivity index (χ1n) is 5.88. The van der Waals surface area contributed by atoms with E-state index in [0.717, 1.165) is 35.0 Å². The molecule has 1 N–H and O–H groups in total. The van der Waals surface area contributed by atoms with Gasteiger partial charge >= 0.3 is 5.97 Å². The van der Waals surface area contributed by atoms with Crippen molar-refractivity contribution in [2.45, 2.75) is 33.7 Å². The summed E-state index contributed by atoms with van der Waals surface area (Å²) in [6, 6.07) is 4.04. The van der Waals surface area contributed by atoms with Gasteiger partial charge < -0.3 is 9.67 Å². The van der Waals surface area contributed by atoms with Crippen LogP contribution in [0.5, 0.6) is 0 Å². The van der Waals surface area contributed by atoms with Crippen LogP contribution in [-0.2, 0) is 6.54 Å². The third-order valence-electron chi connectivity index (χ3n) is 3.12. The normalized spacial score (nSPS) is 11.0. The molecule has 0 aliphatic heterocycles. The lowest BCUT2D eigenvalue weighted by atomic mass is 10.0. The summed E-state index contributed by atoms with van der Waals surface area (Å²) in [5.74, 6) is -0.849. The average molecular weight is 231 g/mol. The van der Waals surface area contributed by atoms with Crippen LogP contribution in [0.25, 0.3) is 10.9 Å². The van der Waals surface area contributed by atoms with E-state index in [1.165, 1.54) is 0 Å². The molecular formula is C14H17NO2. The predicted molar refractivity (Wildman–Crippen MR) is 68.7 cm³/mol. The molecule has 1 heterocycles. The van der Waals surface area contributed by atoms with Crippen molar-refractivity contribution in [1.29, 1.82) is 0 Å². The molecule has 0 aliphatic carbocycles. The van der Waals surface area contributed by atoms with Crippen molar-refractivity contribution < 1.29 is 9.90 Å². The van der Waals surface area contributed by atoms with E-state index in [1.54, 1.807) is 6.20 Å². The van der Waals surface area contributed by atoms with Crippen molar-refractivity contribution in [2.24, 2.45) is 0 Å². The fraction of sp³-hybridized carbons (Fsp3) is 0.357. The van der Waals surface area contributed by atoms with Crippen molar-refractivity contribution in [1.82, 2.24) is 4.57 Å². The number of nitrogens with zero attached hydrogens (tertiary/aromatic N) is 1. The van der Waals surface area contributed by atoms with E-state index in [9.17, 15) is 9.90 Å². The third kappa shape index (κ3) is 1.82. The summed E-state index contributed by atoms with van der Waals surface area (Å²) >= 11 is 0. The number of aryl methyl sites for hydroxylation is 3. The maximum Gasteiger partial charge on any atom is 0.337 e. The topological polar surface area (TPSA) is 42.2 Å². The fourth-order valence-electron chi connectivity index (χ4n) is 2.37. The van der Waals surface area contributed by atoms with Crippen LogP contribution in [0.4, 0.5) is 0 Å². The average Bonchev–Trinajstić information content (AvgIpc) is 2.65. The molecule has 0 aliphatic rings. The molecule has 0 radical (unpaired) electrons. The van der Waals surface area contributed by atoms with Gasteiger partial charge in [0.15, 0.2) is 0 Å². The SMILES string of the molecule is CCCn1cc(C(=O)O)c2c(C)ccc(C)c21. The van der Waals surface area contributed by atoms with Crippen LogP contribution in [0.2, 0.25) is 0 Å². The first-order valence-corrected chi connectivity index (χ1v) is 5.88. The molecule has 90 valence electrons. The largest absolute Gasteiger partial charge is 0.478 e. The molecule has 0 unspecified atom stereocenters. The van der Waals surface area contributed by atoms with Crippen LogP contribution in [0, 0.1) is 13.8 Å². The number of carboxylic acids is 1. The number of aromatic carboxylic acids is 1. The van der Waals surface area contributed by atoms with E-state index in [2.05, 4.69) is 17.6 Å². The minimum Gasteiger partial charge on any atom is -0.478 e. The monoisotopic (exact) mass is 231 g/mol. The highest BCUT2D eigenvalue weighted by molar-refractivity contribution is 6.05. The zero-order valence-corrected chi connectivity index (χ0v) is 10.4. The zero-order valence-electron chi connectivity index (χ0n) is 10.4. The maximum atomic E-state index is 11.3. The minimum atomic E-state index is -0.849. The Morgan fingerprint density at radius 1 is 1.29 bits per heavy atom. The molecule has 2 rings (SSSR count). The second kappa shape index (κ2) is 4.24. The first-order chi connectivity index (χ1) is 8.06. The molecule has 0 saturated heterocycles. The molecule has 3 nitrogen and oxygen atoms in total. The zero-order chi connectivity index (χ0) is 12.6. The van der Waals surface area contributed by atoms with Gasteiger partial charge in [-0.1, -0.05) is 19.1 Å². The minimum absolute atomic E-state index is 0.412. The molecule has 0 spiro atoms. The van der Waals surface area contributed by atoms with Crippen molar-refractivity contribution in [3.63, 3.8) is 0 Å². The lowest BCUT2D eigenvalue weighted by molar-refractivity contribution is 0.0698. The molecule has 1 aromatic carbocycles. The Balaban J connectivity index is 2.85. The lowest BCUT2D eigenvalue weighted by Crippen LogP contribution is -1.96. The Bertz CT molecular complexity index is 581. The molecule has 2 aromatic rings. The van der Waals surface area contributed by atoms with Crippen LogP contribution in [-0.4, -0.2) is 15.6 Å². The number of fused-ring (bicyclic) bond motifs is 1. The quantitative estimate of drug-likeness (QED) is 0.880. The van der Waals surface area contributed by atoms with Gasteiger partial charge in [0, 0.05) is 18.1 Å². The molecule has 1 aromatic heterocycles. The van der Waals surface area contributed by atoms with E-state index in [1.807, 2.05) is 19.9 Å². The first kappa shape index (κ1) is 11.7. The van der Waals surface area contributed by atoms with E-state index in [0.29, 0.717) is 5.56 Å². The Kier molecular flexibility index (Phi) is 2.92. The number of hydrogen-bond donors (Lipinski definition) is 1. The summed E-state index contributed by atoms with van der Waals surface area (Å²) in [5.41, 5.74) is 3.63. The van der Waals surface area contributed by atoms with Gasteiger partial charge in [0.05, 0.1) is 11.1 Å². The Morgan fingerprint density at radius 2 is 1.94 bits per heavy atom. The van der Waals surface area contributed by atoms with E-state index < -0.39 is 5.97 Å². The maximum absolute atomic E-state index is 11.3. The highest BCUT2D eigenvalue weighted by Gasteiger charge is 2.16. The molecule has 0 saturated carbocycles. The van der Waals surface area contributed by atoms with Gasteiger partial charge in [-0.3, -0.25) is 0 Å². The van der Waals surface area contributed by atoms with Crippen molar-refractivity contribution in [3.8, 4) is 0 Å². The molecule has 0 fully saturated rings. The smallest absolute Gasteiger partial charge is 0.337 e. The van der Waals surface area contributed by atoms with E-state index >= 15 is 0 Å². The summed E-state index contributed by atoms with van der Waals surface area (Å²) in [6.45, 7) is 6.94. The molecule has 0 bridgehead atoms. The van der Waals surface area contributed by atoms with Gasteiger partial charge in [-0.15, -0.1) is 0 Å². The van der Waals surface area contributed by atoms with Crippen molar-refractivity contribution >= 4 is 16.9 Å². The molecule has 3 heteroatoms. The number of rotatable bonds is 3. The number of aromatic nitrogens is 1. The Morgan fingerprint density at radius 3 is 2.53 bits per heavy atom. The molecule has 0 amide bonds. The molecule has 17 heavy (non-hydrogen) atoms. The highest BCUT2D eigenvalue weighted by Crippen LogP contribution is 2.28. The van der Waals surface area contributed by atoms with Gasteiger partial charge in [-0.2, -0.15) is 0 Å². The lowest BCUT2D eigenvalue weighted by Gasteiger charge is -2.06. The van der Waals surface area contributed by atoms with Crippen molar-refractivity contribution in [3.05, 3.63) is 35.0 Å². The van der Waals surface area contributed by atoms with Gasteiger partial charge in [0.25, 0.3) is 0 Å². The number of carboxylic acid groups (broad SMARTS) is 1. The van der Waals surface area contributed by atoms with Crippen LogP contribution < -0.4 is 0 Å². The van der Waals surface area contributed by atoms with E-state index in [4.69, 9.17) is 0 Å².